The number of rotatable bonds is 1. The zero-order valence-electron chi connectivity index (χ0n) is 9.83. The van der Waals surface area contributed by atoms with Gasteiger partial charge in [-0.05, 0) is 44.0 Å². The number of likely N-dealkylation sites (tertiary alicyclic amines) is 1. The van der Waals surface area contributed by atoms with Gasteiger partial charge in [-0.1, -0.05) is 18.2 Å². The lowest BCUT2D eigenvalue weighted by atomic mass is 9.99. The first-order valence-electron chi connectivity index (χ1n) is 5.61. The summed E-state index contributed by atoms with van der Waals surface area (Å²) in [5.74, 6) is 0. The van der Waals surface area contributed by atoms with Crippen LogP contribution in [0, 0.1) is 13.8 Å². The van der Waals surface area contributed by atoms with Crippen LogP contribution >= 0.6 is 0 Å². The van der Waals surface area contributed by atoms with Gasteiger partial charge in [0.1, 0.15) is 0 Å². The van der Waals surface area contributed by atoms with E-state index in [1.165, 1.54) is 16.7 Å². The highest BCUT2D eigenvalue weighted by Crippen LogP contribution is 2.30. The summed E-state index contributed by atoms with van der Waals surface area (Å²) >= 11 is 0. The molecule has 1 aromatic rings. The van der Waals surface area contributed by atoms with E-state index in [4.69, 9.17) is 5.73 Å². The Morgan fingerprint density at radius 1 is 1.27 bits per heavy atom. The van der Waals surface area contributed by atoms with E-state index in [1.807, 2.05) is 0 Å². The summed E-state index contributed by atoms with van der Waals surface area (Å²) in [4.78, 5) is 2.36. The van der Waals surface area contributed by atoms with Crippen LogP contribution < -0.4 is 5.73 Å². The maximum atomic E-state index is 5.98. The van der Waals surface area contributed by atoms with E-state index >= 15 is 0 Å². The lowest BCUT2D eigenvalue weighted by Gasteiger charge is -2.20. The molecule has 0 aliphatic carbocycles. The first kappa shape index (κ1) is 10.7. The normalized spacial score (nSPS) is 27.2. The van der Waals surface area contributed by atoms with Gasteiger partial charge < -0.3 is 5.73 Å². The Balaban J connectivity index is 2.26. The Morgan fingerprint density at radius 3 is 2.53 bits per heavy atom. The molecule has 2 N–H and O–H groups in total. The monoisotopic (exact) mass is 204 g/mol. The fraction of sp³-hybridized carbons (Fsp3) is 0.538. The lowest BCUT2D eigenvalue weighted by molar-refractivity contribution is 0.316. The number of hydrogen-bond donors (Lipinski definition) is 1. The SMILES string of the molecule is Cc1ccc(C2CC(N)CN2C)cc1C. The van der Waals surface area contributed by atoms with Gasteiger partial charge >= 0.3 is 0 Å². The topological polar surface area (TPSA) is 29.3 Å². The summed E-state index contributed by atoms with van der Waals surface area (Å²) in [6.45, 7) is 5.34. The molecule has 1 heterocycles. The molecule has 2 unspecified atom stereocenters. The minimum Gasteiger partial charge on any atom is -0.326 e. The van der Waals surface area contributed by atoms with Crippen LogP contribution in [0.2, 0.25) is 0 Å². The van der Waals surface area contributed by atoms with Crippen molar-refractivity contribution in [3.05, 3.63) is 34.9 Å². The third-order valence-corrected chi connectivity index (χ3v) is 3.50. The van der Waals surface area contributed by atoms with Crippen LogP contribution in [0.5, 0.6) is 0 Å². The molecule has 0 amide bonds. The third kappa shape index (κ3) is 2.06. The lowest BCUT2D eigenvalue weighted by Crippen LogP contribution is -2.24. The van der Waals surface area contributed by atoms with E-state index in [0.29, 0.717) is 12.1 Å². The summed E-state index contributed by atoms with van der Waals surface area (Å²) in [7, 11) is 2.16. The Morgan fingerprint density at radius 2 is 2.00 bits per heavy atom. The molecule has 15 heavy (non-hydrogen) atoms. The van der Waals surface area contributed by atoms with E-state index < -0.39 is 0 Å². The van der Waals surface area contributed by atoms with E-state index in [-0.39, 0.29) is 0 Å². The molecule has 1 saturated heterocycles. The molecule has 0 spiro atoms. The van der Waals surface area contributed by atoms with Gasteiger partial charge in [-0.15, -0.1) is 0 Å². The molecule has 1 aromatic carbocycles. The molecule has 0 radical (unpaired) electrons. The van der Waals surface area contributed by atoms with Crippen molar-refractivity contribution in [2.75, 3.05) is 13.6 Å². The second-order valence-electron chi connectivity index (χ2n) is 4.79. The van der Waals surface area contributed by atoms with Gasteiger partial charge in [0, 0.05) is 18.6 Å². The van der Waals surface area contributed by atoms with Crippen LogP contribution in [0.15, 0.2) is 18.2 Å². The minimum atomic E-state index is 0.335. The summed E-state index contributed by atoms with van der Waals surface area (Å²) in [5.41, 5.74) is 10.1. The van der Waals surface area contributed by atoms with Crippen molar-refractivity contribution in [3.8, 4) is 0 Å². The maximum Gasteiger partial charge on any atom is 0.0361 e. The number of nitrogens with two attached hydrogens (primary N) is 1. The molecule has 0 aromatic heterocycles. The molecule has 2 atom stereocenters. The van der Waals surface area contributed by atoms with Crippen LogP contribution in [-0.2, 0) is 0 Å². The van der Waals surface area contributed by atoms with Gasteiger partial charge in [0.05, 0.1) is 0 Å². The fourth-order valence-corrected chi connectivity index (χ4v) is 2.40. The van der Waals surface area contributed by atoms with E-state index in [9.17, 15) is 0 Å². The quantitative estimate of drug-likeness (QED) is 0.758. The smallest absolute Gasteiger partial charge is 0.0361 e. The number of aryl methyl sites for hydroxylation is 2. The van der Waals surface area contributed by atoms with Crippen molar-refractivity contribution in [3.63, 3.8) is 0 Å². The molecule has 1 aliphatic heterocycles. The average molecular weight is 204 g/mol. The number of nitrogens with zero attached hydrogens (tertiary/aromatic N) is 1. The fourth-order valence-electron chi connectivity index (χ4n) is 2.40. The molecule has 2 heteroatoms. The second-order valence-corrected chi connectivity index (χ2v) is 4.79. The largest absolute Gasteiger partial charge is 0.326 e. The van der Waals surface area contributed by atoms with E-state index in [0.717, 1.165) is 13.0 Å². The Bertz CT molecular complexity index is 360. The predicted molar refractivity (Wildman–Crippen MR) is 63.9 cm³/mol. The van der Waals surface area contributed by atoms with Gasteiger partial charge in [0.15, 0.2) is 0 Å². The van der Waals surface area contributed by atoms with Gasteiger partial charge in [-0.2, -0.15) is 0 Å². The zero-order valence-corrected chi connectivity index (χ0v) is 9.83. The molecular formula is C13H20N2. The number of benzene rings is 1. The van der Waals surface area contributed by atoms with Crippen molar-refractivity contribution in [2.24, 2.45) is 5.73 Å². The van der Waals surface area contributed by atoms with Crippen molar-refractivity contribution in [1.29, 1.82) is 0 Å². The second kappa shape index (κ2) is 3.95. The van der Waals surface area contributed by atoms with Crippen molar-refractivity contribution in [2.45, 2.75) is 32.4 Å². The van der Waals surface area contributed by atoms with Crippen LogP contribution in [-0.4, -0.2) is 24.5 Å². The van der Waals surface area contributed by atoms with Gasteiger partial charge in [-0.25, -0.2) is 0 Å². The summed E-state index contributed by atoms with van der Waals surface area (Å²) < 4.78 is 0. The third-order valence-electron chi connectivity index (χ3n) is 3.50. The van der Waals surface area contributed by atoms with Crippen LogP contribution in [0.4, 0.5) is 0 Å². The first-order valence-corrected chi connectivity index (χ1v) is 5.61. The molecule has 0 saturated carbocycles. The number of hydrogen-bond acceptors (Lipinski definition) is 2. The van der Waals surface area contributed by atoms with Gasteiger partial charge in [0.25, 0.3) is 0 Å². The van der Waals surface area contributed by atoms with Crippen molar-refractivity contribution < 1.29 is 0 Å². The zero-order chi connectivity index (χ0) is 11.0. The van der Waals surface area contributed by atoms with E-state index in [1.54, 1.807) is 0 Å². The van der Waals surface area contributed by atoms with Crippen LogP contribution in [0.3, 0.4) is 0 Å². The molecule has 1 aliphatic rings. The molecule has 2 nitrogen and oxygen atoms in total. The van der Waals surface area contributed by atoms with Crippen molar-refractivity contribution >= 4 is 0 Å². The van der Waals surface area contributed by atoms with Crippen LogP contribution in [0.25, 0.3) is 0 Å². The molecule has 2 rings (SSSR count). The average Bonchev–Trinajstić information content (AvgIpc) is 2.50. The predicted octanol–water partition coefficient (Wildman–Crippen LogP) is 2.01. The maximum absolute atomic E-state index is 5.98. The summed E-state index contributed by atoms with van der Waals surface area (Å²) in [6, 6.07) is 7.60. The summed E-state index contributed by atoms with van der Waals surface area (Å²) in [5, 5.41) is 0. The highest BCUT2D eigenvalue weighted by molar-refractivity contribution is 5.32. The highest BCUT2D eigenvalue weighted by atomic mass is 15.2. The molecule has 0 bridgehead atoms. The Labute approximate surface area is 92.1 Å². The highest BCUT2D eigenvalue weighted by Gasteiger charge is 2.28. The van der Waals surface area contributed by atoms with Gasteiger partial charge in [-0.3, -0.25) is 4.90 Å². The Kier molecular flexibility index (Phi) is 2.81. The van der Waals surface area contributed by atoms with Gasteiger partial charge in [0.2, 0.25) is 0 Å². The minimum absolute atomic E-state index is 0.335. The van der Waals surface area contributed by atoms with Crippen molar-refractivity contribution in [1.82, 2.24) is 4.90 Å². The Hall–Kier alpha value is -0.860. The number of likely N-dealkylation sites (N-methyl/N-ethyl adjacent to an activating group) is 1. The van der Waals surface area contributed by atoms with Crippen LogP contribution in [0.1, 0.15) is 29.2 Å². The first-order chi connectivity index (χ1) is 7.08. The van der Waals surface area contributed by atoms with E-state index in [2.05, 4.69) is 44.0 Å². The standard InChI is InChI=1S/C13H20N2/c1-9-4-5-11(6-10(9)2)13-7-12(14)8-15(13)3/h4-6,12-13H,7-8,14H2,1-3H3. The molecule has 82 valence electrons. The molecular weight excluding hydrogens is 184 g/mol. The molecule has 1 fully saturated rings. The summed E-state index contributed by atoms with van der Waals surface area (Å²) in [6.07, 6.45) is 1.08.